The van der Waals surface area contributed by atoms with Crippen LogP contribution in [-0.2, 0) is 23.4 Å². The van der Waals surface area contributed by atoms with E-state index < -0.39 is 5.97 Å². The molecule has 3 heteroatoms. The van der Waals surface area contributed by atoms with E-state index in [0.29, 0.717) is 0 Å². The molecule has 0 aromatic rings. The van der Waals surface area contributed by atoms with E-state index in [1.807, 2.05) is 0 Å². The van der Waals surface area contributed by atoms with Gasteiger partial charge < -0.3 is 5.11 Å². The molecule has 0 atom stereocenters. The Hall–Kier alpha value is -0.206. The molecule has 2 nitrogen and oxygen atoms in total. The molecule has 1 radical (unpaired) electrons. The zero-order valence-electron chi connectivity index (χ0n) is 6.79. The van der Waals surface area contributed by atoms with Crippen LogP contribution in [0.5, 0.6) is 0 Å². The van der Waals surface area contributed by atoms with Gasteiger partial charge in [-0.2, -0.15) is 0 Å². The summed E-state index contributed by atoms with van der Waals surface area (Å²) in [6, 6.07) is 0. The SMILES string of the molecule is CCCCCC=CC(=O)O.[V]. The first-order valence-corrected chi connectivity index (χ1v) is 3.67. The van der Waals surface area contributed by atoms with Crippen molar-refractivity contribution in [2.45, 2.75) is 32.6 Å². The van der Waals surface area contributed by atoms with E-state index >= 15 is 0 Å². The summed E-state index contributed by atoms with van der Waals surface area (Å²) in [4.78, 5) is 9.95. The Bertz CT molecular complexity index is 121. The van der Waals surface area contributed by atoms with Gasteiger partial charge in [0.2, 0.25) is 0 Å². The van der Waals surface area contributed by atoms with E-state index in [9.17, 15) is 4.79 Å². The van der Waals surface area contributed by atoms with Gasteiger partial charge >= 0.3 is 5.97 Å². The zero-order valence-corrected chi connectivity index (χ0v) is 8.18. The van der Waals surface area contributed by atoms with Crippen molar-refractivity contribution in [2.24, 2.45) is 0 Å². The predicted octanol–water partition coefficient (Wildman–Crippen LogP) is 2.20. The van der Waals surface area contributed by atoms with Gasteiger partial charge in [0.15, 0.2) is 0 Å². The molecule has 0 aromatic heterocycles. The third-order valence-corrected chi connectivity index (χ3v) is 1.23. The number of rotatable bonds is 5. The van der Waals surface area contributed by atoms with Gasteiger partial charge in [-0.05, 0) is 12.8 Å². The maximum Gasteiger partial charge on any atom is 0.327 e. The maximum absolute atomic E-state index is 9.95. The summed E-state index contributed by atoms with van der Waals surface area (Å²) < 4.78 is 0. The number of allylic oxidation sites excluding steroid dienone is 1. The first-order valence-electron chi connectivity index (χ1n) is 3.67. The van der Waals surface area contributed by atoms with E-state index in [0.717, 1.165) is 12.8 Å². The van der Waals surface area contributed by atoms with Gasteiger partial charge in [-0.15, -0.1) is 0 Å². The van der Waals surface area contributed by atoms with Crippen LogP contribution in [0, 0.1) is 0 Å². The van der Waals surface area contributed by atoms with Crippen LogP contribution in [0.2, 0.25) is 0 Å². The molecule has 0 aromatic carbocycles. The smallest absolute Gasteiger partial charge is 0.327 e. The fourth-order valence-electron chi connectivity index (χ4n) is 0.696. The maximum atomic E-state index is 9.95. The molecule has 0 heterocycles. The van der Waals surface area contributed by atoms with Crippen LogP contribution in [-0.4, -0.2) is 11.1 Å². The van der Waals surface area contributed by atoms with Gasteiger partial charge in [0.25, 0.3) is 0 Å². The van der Waals surface area contributed by atoms with Crippen molar-refractivity contribution < 1.29 is 28.5 Å². The standard InChI is InChI=1S/C8H14O2.V/c1-2-3-4-5-6-7-8(9)10;/h6-7H,2-5H2,1H3,(H,9,10);. The minimum absolute atomic E-state index is 0. The Morgan fingerprint density at radius 1 is 1.45 bits per heavy atom. The van der Waals surface area contributed by atoms with Gasteiger partial charge in [0.05, 0.1) is 0 Å². The number of aliphatic carboxylic acids is 1. The molecule has 0 unspecified atom stereocenters. The van der Waals surface area contributed by atoms with Crippen molar-refractivity contribution in [3.05, 3.63) is 12.2 Å². The van der Waals surface area contributed by atoms with Crippen LogP contribution < -0.4 is 0 Å². The molecule has 0 aliphatic rings. The van der Waals surface area contributed by atoms with Crippen LogP contribution in [0.1, 0.15) is 32.6 Å². The summed E-state index contributed by atoms with van der Waals surface area (Å²) in [5, 5.41) is 8.18. The molecule has 0 spiro atoms. The van der Waals surface area contributed by atoms with E-state index in [-0.39, 0.29) is 18.6 Å². The normalized spacial score (nSPS) is 9.55. The number of hydrogen-bond acceptors (Lipinski definition) is 1. The summed E-state index contributed by atoms with van der Waals surface area (Å²) in [5.74, 6) is -0.850. The van der Waals surface area contributed by atoms with Crippen LogP contribution >= 0.6 is 0 Å². The molecule has 0 aliphatic carbocycles. The Morgan fingerprint density at radius 3 is 2.55 bits per heavy atom. The Kier molecular flexibility index (Phi) is 11.9. The van der Waals surface area contributed by atoms with Crippen LogP contribution in [0.25, 0.3) is 0 Å². The summed E-state index contributed by atoms with van der Waals surface area (Å²) in [7, 11) is 0. The second-order valence-corrected chi connectivity index (χ2v) is 2.24. The van der Waals surface area contributed by atoms with Gasteiger partial charge in [0.1, 0.15) is 0 Å². The van der Waals surface area contributed by atoms with Crippen LogP contribution in [0.15, 0.2) is 12.2 Å². The number of carbonyl (C=O) groups is 1. The molecular weight excluding hydrogens is 179 g/mol. The van der Waals surface area contributed by atoms with Gasteiger partial charge in [-0.1, -0.05) is 25.8 Å². The summed E-state index contributed by atoms with van der Waals surface area (Å²) in [6.45, 7) is 2.13. The molecule has 1 N–H and O–H groups in total. The van der Waals surface area contributed by atoms with Crippen molar-refractivity contribution in [1.29, 1.82) is 0 Å². The molecule has 0 rings (SSSR count). The average Bonchev–Trinajstić information content (AvgIpc) is 1.87. The minimum atomic E-state index is -0.850. The molecule has 11 heavy (non-hydrogen) atoms. The molecule has 0 saturated heterocycles. The van der Waals surface area contributed by atoms with E-state index in [1.54, 1.807) is 6.08 Å². The van der Waals surface area contributed by atoms with E-state index in [2.05, 4.69) is 6.92 Å². The predicted molar refractivity (Wildman–Crippen MR) is 40.9 cm³/mol. The van der Waals surface area contributed by atoms with Crippen LogP contribution in [0.4, 0.5) is 0 Å². The molecule has 0 bridgehead atoms. The topological polar surface area (TPSA) is 37.3 Å². The molecule has 0 fully saturated rings. The first-order chi connectivity index (χ1) is 4.77. The number of hydrogen-bond donors (Lipinski definition) is 1. The monoisotopic (exact) mass is 193 g/mol. The minimum Gasteiger partial charge on any atom is -0.478 e. The molecule has 63 valence electrons. The van der Waals surface area contributed by atoms with Crippen molar-refractivity contribution in [3.8, 4) is 0 Å². The average molecular weight is 193 g/mol. The Labute approximate surface area is 79.6 Å². The number of unbranched alkanes of at least 4 members (excludes halogenated alkanes) is 3. The molecule has 0 amide bonds. The van der Waals surface area contributed by atoms with Crippen molar-refractivity contribution in [1.82, 2.24) is 0 Å². The second kappa shape index (κ2) is 9.79. The van der Waals surface area contributed by atoms with Gasteiger partial charge in [0, 0.05) is 24.6 Å². The van der Waals surface area contributed by atoms with Crippen LogP contribution in [0.3, 0.4) is 0 Å². The Morgan fingerprint density at radius 2 is 2.09 bits per heavy atom. The van der Waals surface area contributed by atoms with Crippen molar-refractivity contribution >= 4 is 5.97 Å². The zero-order chi connectivity index (χ0) is 7.82. The molecular formula is C8H14O2V. The quantitative estimate of drug-likeness (QED) is 0.536. The second-order valence-electron chi connectivity index (χ2n) is 2.24. The summed E-state index contributed by atoms with van der Waals surface area (Å²) in [5.41, 5.74) is 0. The van der Waals surface area contributed by atoms with Gasteiger partial charge in [-0.25, -0.2) is 4.79 Å². The van der Waals surface area contributed by atoms with Crippen molar-refractivity contribution in [2.75, 3.05) is 0 Å². The summed E-state index contributed by atoms with van der Waals surface area (Å²) >= 11 is 0. The molecule has 0 saturated carbocycles. The van der Waals surface area contributed by atoms with E-state index in [4.69, 9.17) is 5.11 Å². The third-order valence-electron chi connectivity index (χ3n) is 1.23. The first kappa shape index (κ1) is 13.4. The third kappa shape index (κ3) is 12.9. The van der Waals surface area contributed by atoms with E-state index in [1.165, 1.54) is 18.9 Å². The fraction of sp³-hybridized carbons (Fsp3) is 0.625. The largest absolute Gasteiger partial charge is 0.478 e. The Balaban J connectivity index is 0. The summed E-state index contributed by atoms with van der Waals surface area (Å²) in [6.07, 6.45) is 7.26. The molecule has 0 aliphatic heterocycles. The fourth-order valence-corrected chi connectivity index (χ4v) is 0.696. The van der Waals surface area contributed by atoms with Gasteiger partial charge in [-0.3, -0.25) is 0 Å². The number of carboxylic acids is 1. The van der Waals surface area contributed by atoms with Crippen molar-refractivity contribution in [3.63, 3.8) is 0 Å². The number of carboxylic acid groups (broad SMARTS) is 1.